The zero-order valence-corrected chi connectivity index (χ0v) is 12.0. The first-order chi connectivity index (χ1) is 9.61. The summed E-state index contributed by atoms with van der Waals surface area (Å²) in [5.74, 6) is 0.112. The SMILES string of the molecule is CC1CNCCC1(O)C1(C#N)CCc2ccccc2C1. The summed E-state index contributed by atoms with van der Waals surface area (Å²) in [5.41, 5.74) is 1.06. The Morgan fingerprint density at radius 1 is 1.30 bits per heavy atom. The van der Waals surface area contributed by atoms with Gasteiger partial charge in [0.2, 0.25) is 0 Å². The first-order valence-corrected chi connectivity index (χ1v) is 7.52. The second-order valence-corrected chi connectivity index (χ2v) is 6.42. The van der Waals surface area contributed by atoms with Crippen LogP contribution in [-0.2, 0) is 12.8 Å². The van der Waals surface area contributed by atoms with Gasteiger partial charge in [0.25, 0.3) is 0 Å². The molecule has 1 saturated heterocycles. The van der Waals surface area contributed by atoms with E-state index in [-0.39, 0.29) is 5.92 Å². The molecule has 1 fully saturated rings. The molecule has 0 radical (unpaired) electrons. The standard InChI is InChI=1S/C17H22N2O/c1-13-11-19-9-8-17(13,20)16(12-18)7-6-14-4-2-3-5-15(14)10-16/h2-5,13,19-20H,6-11H2,1H3. The molecule has 0 amide bonds. The monoisotopic (exact) mass is 270 g/mol. The molecule has 3 rings (SSSR count). The predicted octanol–water partition coefficient (Wildman–Crippen LogP) is 2.05. The van der Waals surface area contributed by atoms with Crippen LogP contribution in [0.2, 0.25) is 0 Å². The van der Waals surface area contributed by atoms with Crippen molar-refractivity contribution < 1.29 is 5.11 Å². The summed E-state index contributed by atoms with van der Waals surface area (Å²) in [5, 5.41) is 24.5. The van der Waals surface area contributed by atoms with E-state index in [1.807, 2.05) is 6.07 Å². The van der Waals surface area contributed by atoms with Crippen LogP contribution in [0, 0.1) is 22.7 Å². The molecular formula is C17H22N2O. The maximum absolute atomic E-state index is 11.3. The second-order valence-electron chi connectivity index (χ2n) is 6.42. The maximum Gasteiger partial charge on any atom is 0.0907 e. The molecule has 0 saturated carbocycles. The third-order valence-electron chi connectivity index (χ3n) is 5.42. The van der Waals surface area contributed by atoms with Crippen molar-refractivity contribution in [2.24, 2.45) is 11.3 Å². The Hall–Kier alpha value is -1.37. The highest BCUT2D eigenvalue weighted by molar-refractivity contribution is 5.35. The molecule has 2 aliphatic rings. The normalized spacial score (nSPS) is 37.0. The lowest BCUT2D eigenvalue weighted by molar-refractivity contribution is -0.118. The fourth-order valence-electron chi connectivity index (χ4n) is 4.02. The third kappa shape index (κ3) is 1.87. The summed E-state index contributed by atoms with van der Waals surface area (Å²) in [4.78, 5) is 0. The molecule has 1 aromatic carbocycles. The van der Waals surface area contributed by atoms with E-state index in [4.69, 9.17) is 0 Å². The van der Waals surface area contributed by atoms with Gasteiger partial charge in [0, 0.05) is 6.54 Å². The Bertz CT molecular complexity index is 550. The van der Waals surface area contributed by atoms with E-state index in [0.717, 1.165) is 25.9 Å². The van der Waals surface area contributed by atoms with Crippen molar-refractivity contribution >= 4 is 0 Å². The Kier molecular flexibility index (Phi) is 3.32. The Morgan fingerprint density at radius 3 is 2.75 bits per heavy atom. The highest BCUT2D eigenvalue weighted by Gasteiger charge is 2.55. The second kappa shape index (κ2) is 4.87. The summed E-state index contributed by atoms with van der Waals surface area (Å²) in [7, 11) is 0. The van der Waals surface area contributed by atoms with Crippen molar-refractivity contribution in [3.05, 3.63) is 35.4 Å². The van der Waals surface area contributed by atoms with Gasteiger partial charge in [0.1, 0.15) is 0 Å². The molecule has 1 aromatic rings. The highest BCUT2D eigenvalue weighted by atomic mass is 16.3. The fourth-order valence-corrected chi connectivity index (χ4v) is 4.02. The van der Waals surface area contributed by atoms with Crippen LogP contribution in [0.3, 0.4) is 0 Å². The number of nitrogens with zero attached hydrogens (tertiary/aromatic N) is 1. The van der Waals surface area contributed by atoms with Crippen LogP contribution in [0.1, 0.15) is 30.9 Å². The summed E-state index contributed by atoms with van der Waals surface area (Å²) in [6.07, 6.45) is 3.01. The summed E-state index contributed by atoms with van der Waals surface area (Å²) < 4.78 is 0. The minimum Gasteiger partial charge on any atom is -0.388 e. The van der Waals surface area contributed by atoms with E-state index in [9.17, 15) is 10.4 Å². The highest BCUT2D eigenvalue weighted by Crippen LogP contribution is 2.49. The number of hydrogen-bond donors (Lipinski definition) is 2. The van der Waals surface area contributed by atoms with E-state index < -0.39 is 11.0 Å². The Labute approximate surface area is 120 Å². The van der Waals surface area contributed by atoms with E-state index in [2.05, 4.69) is 36.5 Å². The van der Waals surface area contributed by atoms with Gasteiger partial charge in [-0.2, -0.15) is 5.26 Å². The predicted molar refractivity (Wildman–Crippen MR) is 78.1 cm³/mol. The number of nitrogens with one attached hydrogen (secondary N) is 1. The number of fused-ring (bicyclic) bond motifs is 1. The molecule has 106 valence electrons. The molecule has 0 bridgehead atoms. The number of nitriles is 1. The van der Waals surface area contributed by atoms with Gasteiger partial charge in [0.15, 0.2) is 0 Å². The van der Waals surface area contributed by atoms with Gasteiger partial charge in [-0.15, -0.1) is 0 Å². The van der Waals surface area contributed by atoms with Gasteiger partial charge in [-0.3, -0.25) is 0 Å². The van der Waals surface area contributed by atoms with Gasteiger partial charge < -0.3 is 10.4 Å². The molecule has 3 atom stereocenters. The lowest BCUT2D eigenvalue weighted by Crippen LogP contribution is -2.60. The molecule has 3 nitrogen and oxygen atoms in total. The number of aliphatic hydroxyl groups is 1. The van der Waals surface area contributed by atoms with Crippen molar-refractivity contribution in [1.29, 1.82) is 5.26 Å². The van der Waals surface area contributed by atoms with E-state index >= 15 is 0 Å². The number of rotatable bonds is 1. The molecule has 1 aliphatic carbocycles. The van der Waals surface area contributed by atoms with Gasteiger partial charge in [-0.1, -0.05) is 31.2 Å². The average Bonchev–Trinajstić information content (AvgIpc) is 2.49. The smallest absolute Gasteiger partial charge is 0.0907 e. The minimum atomic E-state index is -0.874. The Balaban J connectivity index is 2.00. The average molecular weight is 270 g/mol. The summed E-state index contributed by atoms with van der Waals surface area (Å²) in [6, 6.07) is 10.9. The van der Waals surface area contributed by atoms with Crippen molar-refractivity contribution in [3.63, 3.8) is 0 Å². The zero-order chi connectivity index (χ0) is 14.2. The van der Waals surface area contributed by atoms with Crippen molar-refractivity contribution in [2.45, 2.75) is 38.2 Å². The van der Waals surface area contributed by atoms with Gasteiger partial charge in [0.05, 0.1) is 17.1 Å². The summed E-state index contributed by atoms with van der Waals surface area (Å²) >= 11 is 0. The van der Waals surface area contributed by atoms with Crippen LogP contribution in [-0.4, -0.2) is 23.8 Å². The molecule has 0 aromatic heterocycles. The quantitative estimate of drug-likeness (QED) is 0.821. The van der Waals surface area contributed by atoms with Crippen LogP contribution in [0.5, 0.6) is 0 Å². The molecule has 20 heavy (non-hydrogen) atoms. The molecule has 2 N–H and O–H groups in total. The van der Waals surface area contributed by atoms with E-state index in [1.54, 1.807) is 0 Å². The molecular weight excluding hydrogens is 248 g/mol. The largest absolute Gasteiger partial charge is 0.388 e. The third-order valence-corrected chi connectivity index (χ3v) is 5.42. The minimum absolute atomic E-state index is 0.112. The van der Waals surface area contributed by atoms with Crippen molar-refractivity contribution in [1.82, 2.24) is 5.32 Å². The zero-order valence-electron chi connectivity index (χ0n) is 12.0. The summed E-state index contributed by atoms with van der Waals surface area (Å²) in [6.45, 7) is 3.65. The number of aryl methyl sites for hydroxylation is 1. The van der Waals surface area contributed by atoms with Gasteiger partial charge >= 0.3 is 0 Å². The Morgan fingerprint density at radius 2 is 2.05 bits per heavy atom. The van der Waals surface area contributed by atoms with Crippen molar-refractivity contribution in [2.75, 3.05) is 13.1 Å². The van der Waals surface area contributed by atoms with Crippen LogP contribution in [0.25, 0.3) is 0 Å². The van der Waals surface area contributed by atoms with Crippen LogP contribution < -0.4 is 5.32 Å². The van der Waals surface area contributed by atoms with Crippen LogP contribution in [0.4, 0.5) is 0 Å². The lowest BCUT2D eigenvalue weighted by Gasteiger charge is -2.51. The lowest BCUT2D eigenvalue weighted by atomic mass is 9.57. The maximum atomic E-state index is 11.3. The first kappa shape index (κ1) is 13.6. The first-order valence-electron chi connectivity index (χ1n) is 7.52. The van der Waals surface area contributed by atoms with Gasteiger partial charge in [-0.25, -0.2) is 0 Å². The molecule has 1 heterocycles. The molecule has 0 spiro atoms. The van der Waals surface area contributed by atoms with Crippen molar-refractivity contribution in [3.8, 4) is 6.07 Å². The van der Waals surface area contributed by atoms with E-state index in [1.165, 1.54) is 11.1 Å². The van der Waals surface area contributed by atoms with Crippen LogP contribution in [0.15, 0.2) is 24.3 Å². The van der Waals surface area contributed by atoms with E-state index in [0.29, 0.717) is 12.8 Å². The fraction of sp³-hybridized carbons (Fsp3) is 0.588. The number of piperidine rings is 1. The molecule has 1 aliphatic heterocycles. The topological polar surface area (TPSA) is 56.0 Å². The number of benzene rings is 1. The van der Waals surface area contributed by atoms with Gasteiger partial charge in [-0.05, 0) is 49.3 Å². The number of hydrogen-bond acceptors (Lipinski definition) is 3. The molecule has 3 heteroatoms. The van der Waals surface area contributed by atoms with Crippen LogP contribution >= 0.6 is 0 Å². The molecule has 3 unspecified atom stereocenters.